The minimum absolute atomic E-state index is 0.107. The molecule has 0 radical (unpaired) electrons. The monoisotopic (exact) mass is 263 g/mol. The van der Waals surface area contributed by atoms with Crippen LogP contribution in [0.1, 0.15) is 0 Å². The molecule has 3 amide bonds. The Balaban J connectivity index is 3.78. The van der Waals surface area contributed by atoms with E-state index in [1.807, 2.05) is 0 Å². The topological polar surface area (TPSA) is 93.4 Å². The van der Waals surface area contributed by atoms with Crippen LogP contribution in [0.15, 0.2) is 0 Å². The summed E-state index contributed by atoms with van der Waals surface area (Å²) in [7, 11) is 0. The predicted molar refractivity (Wildman–Crippen MR) is 52.0 cm³/mol. The smallest absolute Gasteiger partial charge is 0.321 e. The maximum atomic E-state index is 10.9. The van der Waals surface area contributed by atoms with Crippen LogP contribution >= 0.6 is 34.8 Å². The van der Waals surface area contributed by atoms with E-state index in [0.717, 1.165) is 0 Å². The van der Waals surface area contributed by atoms with Crippen molar-refractivity contribution in [1.82, 2.24) is 10.6 Å². The maximum absolute atomic E-state index is 10.9. The average Bonchev–Trinajstić information content (AvgIpc) is 2.03. The molecule has 0 saturated heterocycles. The number of hydrogen-bond acceptors (Lipinski definition) is 4. The molecule has 6 nitrogen and oxygen atoms in total. The third-order valence-electron chi connectivity index (χ3n) is 0.990. The minimum Gasteiger partial charge on any atom is -0.335 e. The number of amides is 3. The van der Waals surface area contributed by atoms with Crippen molar-refractivity contribution >= 4 is 46.7 Å². The number of hydrogen-bond donors (Lipinski definition) is 3. The van der Waals surface area contributed by atoms with Crippen LogP contribution in [0.5, 0.6) is 0 Å². The number of nitrogens with two attached hydrogens (primary N) is 1. The number of alkyl halides is 3. The molecule has 4 N–H and O–H groups in total. The molecule has 0 aliphatic rings. The number of halogens is 3. The van der Waals surface area contributed by atoms with E-state index in [1.54, 1.807) is 5.32 Å². The SMILES string of the molecule is NOCCNC(=O)NC(=O)C(Cl)(Cl)Cl. The van der Waals surface area contributed by atoms with Gasteiger partial charge >= 0.3 is 6.03 Å². The Hall–Kier alpha value is -0.270. The van der Waals surface area contributed by atoms with Crippen LogP contribution in [0, 0.1) is 0 Å². The molecule has 0 aliphatic heterocycles. The maximum Gasteiger partial charge on any atom is 0.321 e. The van der Waals surface area contributed by atoms with Crippen LogP contribution in [0.3, 0.4) is 0 Å². The van der Waals surface area contributed by atoms with Gasteiger partial charge in [-0.15, -0.1) is 0 Å². The molecule has 0 aliphatic carbocycles. The van der Waals surface area contributed by atoms with Gasteiger partial charge in [0.25, 0.3) is 9.70 Å². The van der Waals surface area contributed by atoms with E-state index < -0.39 is 15.7 Å². The quantitative estimate of drug-likeness (QED) is 0.382. The number of carbonyl (C=O) groups excluding carboxylic acids is 2. The van der Waals surface area contributed by atoms with E-state index in [0.29, 0.717) is 0 Å². The lowest BCUT2D eigenvalue weighted by Crippen LogP contribution is -2.45. The Morgan fingerprint density at radius 1 is 1.36 bits per heavy atom. The van der Waals surface area contributed by atoms with Crippen LogP contribution in [-0.2, 0) is 9.63 Å². The molecule has 0 fully saturated rings. The molecule has 0 aromatic heterocycles. The summed E-state index contributed by atoms with van der Waals surface area (Å²) in [5, 5.41) is 4.03. The number of urea groups is 1. The second-order valence-corrected chi connectivity index (χ2v) is 4.36. The first-order chi connectivity index (χ1) is 6.38. The van der Waals surface area contributed by atoms with E-state index in [2.05, 4.69) is 16.1 Å². The van der Waals surface area contributed by atoms with Gasteiger partial charge in [-0.1, -0.05) is 34.8 Å². The third kappa shape index (κ3) is 6.22. The Bertz CT molecular complexity index is 218. The highest BCUT2D eigenvalue weighted by atomic mass is 35.6. The second-order valence-electron chi connectivity index (χ2n) is 2.08. The molecule has 0 spiro atoms. The molecule has 0 aromatic rings. The van der Waals surface area contributed by atoms with Gasteiger partial charge in [-0.25, -0.2) is 10.7 Å². The van der Waals surface area contributed by atoms with E-state index in [1.165, 1.54) is 0 Å². The van der Waals surface area contributed by atoms with Gasteiger partial charge in [-0.2, -0.15) is 0 Å². The molecule has 9 heteroatoms. The van der Waals surface area contributed by atoms with Gasteiger partial charge < -0.3 is 10.2 Å². The van der Waals surface area contributed by atoms with Crippen molar-refractivity contribution in [2.45, 2.75) is 3.79 Å². The number of rotatable bonds is 3. The Morgan fingerprint density at radius 2 is 1.93 bits per heavy atom. The highest BCUT2D eigenvalue weighted by Gasteiger charge is 2.31. The van der Waals surface area contributed by atoms with Gasteiger partial charge in [0.2, 0.25) is 0 Å². The molecule has 0 bridgehead atoms. The summed E-state index contributed by atoms with van der Waals surface area (Å²) in [6, 6.07) is -0.793. The Morgan fingerprint density at radius 3 is 2.36 bits per heavy atom. The molecular weight excluding hydrogens is 256 g/mol. The van der Waals surface area contributed by atoms with Crippen molar-refractivity contribution in [1.29, 1.82) is 0 Å². The van der Waals surface area contributed by atoms with Crippen LogP contribution in [0.2, 0.25) is 0 Å². The van der Waals surface area contributed by atoms with Gasteiger partial charge in [-0.3, -0.25) is 10.1 Å². The van der Waals surface area contributed by atoms with Crippen molar-refractivity contribution in [3.63, 3.8) is 0 Å². The first kappa shape index (κ1) is 13.7. The summed E-state index contributed by atoms with van der Waals surface area (Å²) in [6.07, 6.45) is 0. The highest BCUT2D eigenvalue weighted by Crippen LogP contribution is 2.25. The molecular formula is C5H8Cl3N3O3. The van der Waals surface area contributed by atoms with Crippen molar-refractivity contribution in [3.05, 3.63) is 0 Å². The summed E-state index contributed by atoms with van der Waals surface area (Å²) in [6.45, 7) is 0.241. The van der Waals surface area contributed by atoms with Crippen molar-refractivity contribution in [2.75, 3.05) is 13.2 Å². The lowest BCUT2D eigenvalue weighted by molar-refractivity contribution is -0.119. The Kier molecular flexibility index (Phi) is 6.14. The molecule has 82 valence electrons. The summed E-state index contributed by atoms with van der Waals surface area (Å²) >= 11 is 15.5. The van der Waals surface area contributed by atoms with Gasteiger partial charge in [0, 0.05) is 6.54 Å². The standard InChI is InChI=1S/C5H8Cl3N3O3/c6-5(7,8)3(12)11-4(13)10-1-2-14-9/h1-2,9H2,(H2,10,11,12,13). The lowest BCUT2D eigenvalue weighted by atomic mass is 10.6. The molecule has 0 aromatic carbocycles. The summed E-state index contributed by atoms with van der Waals surface area (Å²) in [4.78, 5) is 25.9. The van der Waals surface area contributed by atoms with E-state index in [9.17, 15) is 9.59 Å². The molecule has 0 unspecified atom stereocenters. The van der Waals surface area contributed by atoms with Gasteiger partial charge in [-0.05, 0) is 0 Å². The average molecular weight is 264 g/mol. The van der Waals surface area contributed by atoms with Crippen LogP contribution in [0.4, 0.5) is 4.79 Å². The van der Waals surface area contributed by atoms with Crippen molar-refractivity contribution in [2.24, 2.45) is 5.90 Å². The van der Waals surface area contributed by atoms with Crippen LogP contribution < -0.4 is 16.5 Å². The summed E-state index contributed by atoms with van der Waals surface area (Å²) in [5.41, 5.74) is 0. The van der Waals surface area contributed by atoms with E-state index in [4.69, 9.17) is 34.8 Å². The molecule has 0 heterocycles. The summed E-state index contributed by atoms with van der Waals surface area (Å²) < 4.78 is -2.16. The number of carbonyl (C=O) groups is 2. The van der Waals surface area contributed by atoms with Gasteiger partial charge in [0.05, 0.1) is 6.61 Å². The van der Waals surface area contributed by atoms with E-state index in [-0.39, 0.29) is 13.2 Å². The van der Waals surface area contributed by atoms with Gasteiger partial charge in [0.15, 0.2) is 0 Å². The molecule has 0 atom stereocenters. The van der Waals surface area contributed by atoms with Crippen molar-refractivity contribution < 1.29 is 14.4 Å². The van der Waals surface area contributed by atoms with Crippen molar-refractivity contribution in [3.8, 4) is 0 Å². The third-order valence-corrected chi connectivity index (χ3v) is 1.50. The predicted octanol–water partition coefficient (Wildman–Crippen LogP) is 0.0727. The normalized spacial score (nSPS) is 10.9. The largest absolute Gasteiger partial charge is 0.335 e. The van der Waals surface area contributed by atoms with Crippen LogP contribution in [-0.4, -0.2) is 28.9 Å². The molecule has 14 heavy (non-hydrogen) atoms. The zero-order valence-electron chi connectivity index (χ0n) is 6.85. The fourth-order valence-electron chi connectivity index (χ4n) is 0.442. The number of imide groups is 1. The molecule has 0 rings (SSSR count). The van der Waals surface area contributed by atoms with Gasteiger partial charge in [0.1, 0.15) is 0 Å². The lowest BCUT2D eigenvalue weighted by Gasteiger charge is -2.10. The molecule has 0 saturated carbocycles. The fraction of sp³-hybridized carbons (Fsp3) is 0.600. The first-order valence-corrected chi connectivity index (χ1v) is 4.49. The minimum atomic E-state index is -2.16. The fourth-order valence-corrected chi connectivity index (χ4v) is 0.583. The number of nitrogens with one attached hydrogen (secondary N) is 2. The summed E-state index contributed by atoms with van der Waals surface area (Å²) in [5.74, 6) is 3.65. The first-order valence-electron chi connectivity index (χ1n) is 3.35. The second kappa shape index (κ2) is 6.26. The zero-order chi connectivity index (χ0) is 11.2. The highest BCUT2D eigenvalue weighted by molar-refractivity contribution is 6.76. The zero-order valence-corrected chi connectivity index (χ0v) is 9.12. The van der Waals surface area contributed by atoms with E-state index >= 15 is 0 Å². The van der Waals surface area contributed by atoms with Crippen LogP contribution in [0.25, 0.3) is 0 Å². The Labute approximate surface area is 94.9 Å².